The first kappa shape index (κ1) is 16.1. The third-order valence-electron chi connectivity index (χ3n) is 3.76. The molecular formula is C17H18BrF2N. The fourth-order valence-electron chi connectivity index (χ4n) is 2.51. The summed E-state index contributed by atoms with van der Waals surface area (Å²) in [4.78, 5) is 0. The monoisotopic (exact) mass is 353 g/mol. The highest BCUT2D eigenvalue weighted by Crippen LogP contribution is 2.32. The summed E-state index contributed by atoms with van der Waals surface area (Å²) >= 11 is 3.48. The Morgan fingerprint density at radius 3 is 2.29 bits per heavy atom. The minimum Gasteiger partial charge on any atom is -0.309 e. The molecule has 0 saturated heterocycles. The second-order valence-corrected chi connectivity index (χ2v) is 6.13. The summed E-state index contributed by atoms with van der Waals surface area (Å²) in [5.41, 5.74) is 3.40. The van der Waals surface area contributed by atoms with Crippen molar-refractivity contribution in [1.82, 2.24) is 5.32 Å². The second-order valence-electron chi connectivity index (χ2n) is 5.27. The van der Waals surface area contributed by atoms with Crippen molar-refractivity contribution in [3.05, 3.63) is 68.2 Å². The summed E-state index contributed by atoms with van der Waals surface area (Å²) in [5.74, 6) is -1.02. The summed E-state index contributed by atoms with van der Waals surface area (Å²) in [6, 6.07) is 6.19. The van der Waals surface area contributed by atoms with Crippen LogP contribution in [0.4, 0.5) is 8.78 Å². The van der Waals surface area contributed by atoms with Crippen LogP contribution < -0.4 is 5.32 Å². The van der Waals surface area contributed by atoms with E-state index in [1.165, 1.54) is 12.1 Å². The molecule has 0 amide bonds. The molecule has 2 rings (SSSR count). The standard InChI is InChI=1S/C17H18BrF2N/c1-9-5-6-14(19)15(16(9)20)17(21-4)12-7-11(3)13(18)8-10(12)2/h5-8,17,21H,1-4H3. The lowest BCUT2D eigenvalue weighted by atomic mass is 9.92. The lowest BCUT2D eigenvalue weighted by Crippen LogP contribution is -2.22. The van der Waals surface area contributed by atoms with Gasteiger partial charge in [-0.2, -0.15) is 0 Å². The summed E-state index contributed by atoms with van der Waals surface area (Å²) in [6.45, 7) is 5.54. The van der Waals surface area contributed by atoms with Crippen molar-refractivity contribution < 1.29 is 8.78 Å². The third-order valence-corrected chi connectivity index (χ3v) is 4.61. The largest absolute Gasteiger partial charge is 0.309 e. The Hall–Kier alpha value is -1.26. The fourth-order valence-corrected chi connectivity index (χ4v) is 2.97. The summed E-state index contributed by atoms with van der Waals surface area (Å²) in [6.07, 6.45) is 0. The normalized spacial score (nSPS) is 12.5. The van der Waals surface area contributed by atoms with Gasteiger partial charge >= 0.3 is 0 Å². The van der Waals surface area contributed by atoms with Crippen molar-refractivity contribution in [3.8, 4) is 0 Å². The number of halogens is 3. The summed E-state index contributed by atoms with van der Waals surface area (Å²) < 4.78 is 29.6. The van der Waals surface area contributed by atoms with E-state index in [0.29, 0.717) is 5.56 Å². The van der Waals surface area contributed by atoms with Crippen molar-refractivity contribution in [2.45, 2.75) is 26.8 Å². The number of hydrogen-bond acceptors (Lipinski definition) is 1. The van der Waals surface area contributed by atoms with Crippen LogP contribution in [0.25, 0.3) is 0 Å². The maximum absolute atomic E-state index is 14.4. The van der Waals surface area contributed by atoms with Crippen LogP contribution in [0.15, 0.2) is 28.7 Å². The van der Waals surface area contributed by atoms with Crippen LogP contribution in [-0.4, -0.2) is 7.05 Å². The molecule has 0 aromatic heterocycles. The molecule has 2 aromatic carbocycles. The minimum atomic E-state index is -0.530. The van der Waals surface area contributed by atoms with Crippen LogP contribution in [0.1, 0.15) is 33.9 Å². The van der Waals surface area contributed by atoms with Crippen LogP contribution in [0.3, 0.4) is 0 Å². The van der Waals surface area contributed by atoms with Gasteiger partial charge in [-0.3, -0.25) is 0 Å². The maximum atomic E-state index is 14.4. The molecule has 0 heterocycles. The summed E-state index contributed by atoms with van der Waals surface area (Å²) in [5, 5.41) is 3.04. The SMILES string of the molecule is CNC(c1cc(C)c(Br)cc1C)c1c(F)ccc(C)c1F. The Morgan fingerprint density at radius 2 is 1.67 bits per heavy atom. The van der Waals surface area contributed by atoms with E-state index in [2.05, 4.69) is 21.2 Å². The highest BCUT2D eigenvalue weighted by molar-refractivity contribution is 9.10. The Kier molecular flexibility index (Phi) is 4.79. The van der Waals surface area contributed by atoms with Gasteiger partial charge in [0, 0.05) is 10.0 Å². The van der Waals surface area contributed by atoms with Gasteiger partial charge in [0.1, 0.15) is 11.6 Å². The van der Waals surface area contributed by atoms with Gasteiger partial charge in [-0.25, -0.2) is 8.78 Å². The lowest BCUT2D eigenvalue weighted by molar-refractivity contribution is 0.517. The summed E-state index contributed by atoms with van der Waals surface area (Å²) in [7, 11) is 1.71. The zero-order valence-corrected chi connectivity index (χ0v) is 14.1. The Balaban J connectivity index is 2.66. The molecule has 0 radical (unpaired) electrons. The van der Waals surface area contributed by atoms with E-state index >= 15 is 0 Å². The molecule has 4 heteroatoms. The van der Waals surface area contributed by atoms with Gasteiger partial charge < -0.3 is 5.32 Å². The van der Waals surface area contributed by atoms with E-state index in [-0.39, 0.29) is 5.56 Å². The topological polar surface area (TPSA) is 12.0 Å². The van der Waals surface area contributed by atoms with Crippen molar-refractivity contribution in [1.29, 1.82) is 0 Å². The van der Waals surface area contributed by atoms with E-state index in [0.717, 1.165) is 21.2 Å². The van der Waals surface area contributed by atoms with Crippen LogP contribution in [0.5, 0.6) is 0 Å². The fraction of sp³-hybridized carbons (Fsp3) is 0.294. The number of hydrogen-bond donors (Lipinski definition) is 1. The van der Waals surface area contributed by atoms with Crippen molar-refractivity contribution in [2.75, 3.05) is 7.05 Å². The van der Waals surface area contributed by atoms with Crippen LogP contribution >= 0.6 is 15.9 Å². The first-order valence-corrected chi connectivity index (χ1v) is 7.54. The van der Waals surface area contributed by atoms with Gasteiger partial charge in [0.15, 0.2) is 0 Å². The predicted octanol–water partition coefficient (Wildman–Crippen LogP) is 4.96. The molecule has 0 saturated carbocycles. The molecule has 1 unspecified atom stereocenters. The minimum absolute atomic E-state index is 0.0716. The lowest BCUT2D eigenvalue weighted by Gasteiger charge is -2.22. The average Bonchev–Trinajstić information content (AvgIpc) is 2.44. The molecule has 0 fully saturated rings. The van der Waals surface area contributed by atoms with Crippen molar-refractivity contribution >= 4 is 15.9 Å². The molecule has 1 nitrogen and oxygen atoms in total. The van der Waals surface area contributed by atoms with Gasteiger partial charge in [-0.05, 0) is 62.2 Å². The molecule has 0 aliphatic rings. The predicted molar refractivity (Wildman–Crippen MR) is 85.6 cm³/mol. The first-order chi connectivity index (χ1) is 9.86. The smallest absolute Gasteiger partial charge is 0.134 e. The van der Waals surface area contributed by atoms with E-state index in [1.54, 1.807) is 14.0 Å². The Bertz CT molecular complexity index is 683. The van der Waals surface area contributed by atoms with Gasteiger partial charge in [-0.1, -0.05) is 28.1 Å². The maximum Gasteiger partial charge on any atom is 0.134 e. The number of nitrogens with one attached hydrogen (secondary N) is 1. The quantitative estimate of drug-likeness (QED) is 0.821. The van der Waals surface area contributed by atoms with Crippen molar-refractivity contribution in [2.24, 2.45) is 0 Å². The zero-order valence-electron chi connectivity index (χ0n) is 12.5. The number of aryl methyl sites for hydroxylation is 3. The van der Waals surface area contributed by atoms with E-state index < -0.39 is 17.7 Å². The molecular weight excluding hydrogens is 336 g/mol. The third kappa shape index (κ3) is 3.01. The van der Waals surface area contributed by atoms with E-state index in [9.17, 15) is 8.78 Å². The van der Waals surface area contributed by atoms with Crippen LogP contribution in [0.2, 0.25) is 0 Å². The average molecular weight is 354 g/mol. The van der Waals surface area contributed by atoms with Crippen molar-refractivity contribution in [3.63, 3.8) is 0 Å². The van der Waals surface area contributed by atoms with Gasteiger partial charge in [0.25, 0.3) is 0 Å². The molecule has 0 aliphatic carbocycles. The molecule has 1 N–H and O–H groups in total. The molecule has 0 spiro atoms. The van der Waals surface area contributed by atoms with E-state index in [4.69, 9.17) is 0 Å². The second kappa shape index (κ2) is 6.24. The van der Waals surface area contributed by atoms with Gasteiger partial charge in [0.05, 0.1) is 6.04 Å². The van der Waals surface area contributed by atoms with E-state index in [1.807, 2.05) is 26.0 Å². The highest BCUT2D eigenvalue weighted by atomic mass is 79.9. The molecule has 1 atom stereocenters. The highest BCUT2D eigenvalue weighted by Gasteiger charge is 2.23. The first-order valence-electron chi connectivity index (χ1n) is 6.75. The van der Waals surface area contributed by atoms with Gasteiger partial charge in [-0.15, -0.1) is 0 Å². The zero-order chi connectivity index (χ0) is 15.7. The Morgan fingerprint density at radius 1 is 1.00 bits per heavy atom. The molecule has 112 valence electrons. The molecule has 0 aliphatic heterocycles. The number of benzene rings is 2. The van der Waals surface area contributed by atoms with Gasteiger partial charge in [0.2, 0.25) is 0 Å². The number of rotatable bonds is 3. The van der Waals surface area contributed by atoms with Crippen LogP contribution in [-0.2, 0) is 0 Å². The molecule has 2 aromatic rings. The van der Waals surface area contributed by atoms with Crippen LogP contribution in [0, 0.1) is 32.4 Å². The molecule has 0 bridgehead atoms. The molecule has 21 heavy (non-hydrogen) atoms. The Labute approximate surface area is 132 Å².